The molecule has 20 heavy (non-hydrogen) atoms. The second-order valence-electron chi connectivity index (χ2n) is 4.88. The van der Waals surface area contributed by atoms with Crippen LogP contribution in [-0.2, 0) is 4.74 Å². The summed E-state index contributed by atoms with van der Waals surface area (Å²) in [5, 5.41) is 0. The van der Waals surface area contributed by atoms with E-state index in [2.05, 4.69) is 25.9 Å². The Morgan fingerprint density at radius 2 is 2.15 bits per heavy atom. The predicted octanol–water partition coefficient (Wildman–Crippen LogP) is 3.75. The van der Waals surface area contributed by atoms with Gasteiger partial charge in [0.15, 0.2) is 0 Å². The molecule has 0 aliphatic carbocycles. The van der Waals surface area contributed by atoms with Gasteiger partial charge in [-0.2, -0.15) is 0 Å². The molecular weight excluding hydrogens is 342 g/mol. The Morgan fingerprint density at radius 1 is 1.40 bits per heavy atom. The Morgan fingerprint density at radius 3 is 2.80 bits per heavy atom. The van der Waals surface area contributed by atoms with Crippen LogP contribution in [0.3, 0.4) is 0 Å². The van der Waals surface area contributed by atoms with E-state index in [1.165, 1.54) is 0 Å². The number of methoxy groups -OCH3 is 1. The highest BCUT2D eigenvalue weighted by Gasteiger charge is 2.34. The summed E-state index contributed by atoms with van der Waals surface area (Å²) in [5.41, 5.74) is 2.10. The summed E-state index contributed by atoms with van der Waals surface area (Å²) in [5.74, 6) is 0.887. The van der Waals surface area contributed by atoms with Gasteiger partial charge in [-0.15, -0.1) is 0 Å². The number of nitrogens with one attached hydrogen (secondary N) is 1. The van der Waals surface area contributed by atoms with Gasteiger partial charge in [0, 0.05) is 18.1 Å². The van der Waals surface area contributed by atoms with Crippen molar-refractivity contribution in [1.29, 1.82) is 0 Å². The summed E-state index contributed by atoms with van der Waals surface area (Å²) in [6, 6.07) is 8.20. The Kier molecular flexibility index (Phi) is 4.12. The first-order valence-electron chi connectivity index (χ1n) is 6.43. The van der Waals surface area contributed by atoms with E-state index in [9.17, 15) is 0 Å². The van der Waals surface area contributed by atoms with Gasteiger partial charge in [0.25, 0.3) is 0 Å². The zero-order valence-corrected chi connectivity index (χ0v) is 13.4. The first-order valence-corrected chi connectivity index (χ1v) is 7.56. The molecule has 3 rings (SSSR count). The topological polar surface area (TPSA) is 41.1 Å². The number of ether oxygens (including phenoxy) is 1. The lowest BCUT2D eigenvalue weighted by atomic mass is 10.2. The molecule has 2 heterocycles. The molecule has 1 aliphatic heterocycles. The third kappa shape index (κ3) is 2.76. The van der Waals surface area contributed by atoms with Crippen molar-refractivity contribution in [1.82, 2.24) is 14.4 Å². The number of hydrogen-bond donors (Lipinski definition) is 1. The molecule has 1 aromatic heterocycles. The zero-order chi connectivity index (χ0) is 14.1. The SMILES string of the molecule is CO[C@H]1C[C@@H](c2ncc(-c3ccc(Br)cc3)[nH]2)N(Cl)C1. The highest BCUT2D eigenvalue weighted by Crippen LogP contribution is 2.34. The van der Waals surface area contributed by atoms with E-state index in [1.54, 1.807) is 11.5 Å². The number of H-pyrrole nitrogens is 1. The molecule has 4 nitrogen and oxygen atoms in total. The lowest BCUT2D eigenvalue weighted by molar-refractivity contribution is 0.114. The molecule has 2 atom stereocenters. The maximum absolute atomic E-state index is 6.25. The minimum absolute atomic E-state index is 0.0748. The molecule has 1 N–H and O–H groups in total. The van der Waals surface area contributed by atoms with E-state index < -0.39 is 0 Å². The maximum atomic E-state index is 6.25. The third-order valence-electron chi connectivity index (χ3n) is 3.60. The lowest BCUT2D eigenvalue weighted by Gasteiger charge is -2.12. The molecule has 106 valence electrons. The fourth-order valence-corrected chi connectivity index (χ4v) is 3.05. The predicted molar refractivity (Wildman–Crippen MR) is 82.4 cm³/mol. The summed E-state index contributed by atoms with van der Waals surface area (Å²) in [6.45, 7) is 0.719. The lowest BCUT2D eigenvalue weighted by Crippen LogP contribution is -2.15. The van der Waals surface area contributed by atoms with Gasteiger partial charge in [0.2, 0.25) is 0 Å². The molecule has 1 fully saturated rings. The van der Waals surface area contributed by atoms with Crippen LogP contribution in [0.15, 0.2) is 34.9 Å². The smallest absolute Gasteiger partial charge is 0.125 e. The number of nitrogens with zero attached hydrogens (tertiary/aromatic N) is 2. The molecule has 0 spiro atoms. The van der Waals surface area contributed by atoms with Gasteiger partial charge < -0.3 is 9.72 Å². The van der Waals surface area contributed by atoms with E-state index >= 15 is 0 Å². The van der Waals surface area contributed by atoms with Crippen molar-refractivity contribution >= 4 is 27.7 Å². The van der Waals surface area contributed by atoms with Gasteiger partial charge in [0.05, 0.1) is 24.0 Å². The number of halogens is 2. The summed E-state index contributed by atoms with van der Waals surface area (Å²) in [6.07, 6.45) is 2.87. The second kappa shape index (κ2) is 5.85. The van der Waals surface area contributed by atoms with Crippen molar-refractivity contribution < 1.29 is 4.74 Å². The molecule has 0 amide bonds. The molecule has 0 radical (unpaired) electrons. The van der Waals surface area contributed by atoms with Crippen LogP contribution in [0.2, 0.25) is 0 Å². The van der Waals surface area contributed by atoms with E-state index in [-0.39, 0.29) is 12.1 Å². The monoisotopic (exact) mass is 355 g/mol. The molecule has 1 aliphatic rings. The van der Waals surface area contributed by atoms with Crippen molar-refractivity contribution in [2.24, 2.45) is 0 Å². The molecule has 1 saturated heterocycles. The van der Waals surface area contributed by atoms with Crippen molar-refractivity contribution in [2.75, 3.05) is 13.7 Å². The Labute approximate surface area is 131 Å². The minimum atomic E-state index is 0.0748. The maximum Gasteiger partial charge on any atom is 0.125 e. The molecule has 0 saturated carbocycles. The largest absolute Gasteiger partial charge is 0.380 e. The number of aromatic amines is 1. The van der Waals surface area contributed by atoms with Crippen LogP contribution in [0, 0.1) is 0 Å². The molecule has 6 heteroatoms. The molecule has 2 aromatic rings. The van der Waals surface area contributed by atoms with Gasteiger partial charge in [0.1, 0.15) is 5.82 Å². The highest BCUT2D eigenvalue weighted by atomic mass is 79.9. The summed E-state index contributed by atoms with van der Waals surface area (Å²) in [7, 11) is 1.72. The first kappa shape index (κ1) is 14.1. The van der Waals surface area contributed by atoms with Crippen molar-refractivity contribution in [3.63, 3.8) is 0 Å². The van der Waals surface area contributed by atoms with Crippen LogP contribution < -0.4 is 0 Å². The first-order chi connectivity index (χ1) is 9.67. The van der Waals surface area contributed by atoms with Gasteiger partial charge in [-0.25, -0.2) is 9.40 Å². The van der Waals surface area contributed by atoms with Crippen LogP contribution in [-0.4, -0.2) is 34.1 Å². The zero-order valence-electron chi connectivity index (χ0n) is 11.0. The molecular formula is C14H15BrClN3O. The van der Waals surface area contributed by atoms with Gasteiger partial charge >= 0.3 is 0 Å². The van der Waals surface area contributed by atoms with Crippen molar-refractivity contribution in [3.8, 4) is 11.3 Å². The average molecular weight is 357 g/mol. The number of imidazole rings is 1. The van der Waals surface area contributed by atoms with Gasteiger partial charge in [-0.05, 0) is 35.9 Å². The standard InChI is InChI=1S/C14H15BrClN3O/c1-20-11-6-13(19(16)8-11)14-17-7-12(18-14)9-2-4-10(15)5-3-9/h2-5,7,11,13H,6,8H2,1H3,(H,17,18)/t11-,13-/m0/s1. The van der Waals surface area contributed by atoms with E-state index in [4.69, 9.17) is 16.5 Å². The van der Waals surface area contributed by atoms with E-state index in [1.807, 2.05) is 30.5 Å². The minimum Gasteiger partial charge on any atom is -0.380 e. The Balaban J connectivity index is 1.82. The van der Waals surface area contributed by atoms with Crippen LogP contribution in [0.25, 0.3) is 11.3 Å². The molecule has 0 unspecified atom stereocenters. The third-order valence-corrected chi connectivity index (χ3v) is 4.50. The van der Waals surface area contributed by atoms with Crippen molar-refractivity contribution in [3.05, 3.63) is 40.8 Å². The summed E-state index contributed by atoms with van der Waals surface area (Å²) < 4.78 is 8.19. The number of benzene rings is 1. The Bertz CT molecular complexity index is 586. The summed E-state index contributed by atoms with van der Waals surface area (Å²) in [4.78, 5) is 7.83. The second-order valence-corrected chi connectivity index (χ2v) is 6.23. The van der Waals surface area contributed by atoms with E-state index in [0.29, 0.717) is 0 Å². The number of aromatic nitrogens is 2. The average Bonchev–Trinajstić information content (AvgIpc) is 3.06. The van der Waals surface area contributed by atoms with Gasteiger partial charge in [-0.3, -0.25) is 0 Å². The van der Waals surface area contributed by atoms with Gasteiger partial charge in [-0.1, -0.05) is 28.1 Å². The number of hydrogen-bond acceptors (Lipinski definition) is 3. The summed E-state index contributed by atoms with van der Waals surface area (Å²) >= 11 is 9.69. The quantitative estimate of drug-likeness (QED) is 0.852. The van der Waals surface area contributed by atoms with Crippen LogP contribution in [0.4, 0.5) is 0 Å². The molecule has 1 aromatic carbocycles. The van der Waals surface area contributed by atoms with Crippen LogP contribution in [0.5, 0.6) is 0 Å². The van der Waals surface area contributed by atoms with E-state index in [0.717, 1.165) is 34.5 Å². The van der Waals surface area contributed by atoms with Crippen LogP contribution in [0.1, 0.15) is 18.3 Å². The Hall–Kier alpha value is -0.880. The normalized spacial score (nSPS) is 23.4. The van der Waals surface area contributed by atoms with Crippen molar-refractivity contribution in [2.45, 2.75) is 18.6 Å². The number of rotatable bonds is 3. The molecule has 0 bridgehead atoms. The van der Waals surface area contributed by atoms with Crippen LogP contribution >= 0.6 is 27.7 Å². The highest BCUT2D eigenvalue weighted by molar-refractivity contribution is 9.10. The fraction of sp³-hybridized carbons (Fsp3) is 0.357. The fourth-order valence-electron chi connectivity index (χ4n) is 2.46.